The lowest BCUT2D eigenvalue weighted by molar-refractivity contribution is 0.564. The number of halogens is 1. The van der Waals surface area contributed by atoms with E-state index in [-0.39, 0.29) is 11.9 Å². The van der Waals surface area contributed by atoms with Gasteiger partial charge in [0, 0.05) is 25.0 Å². The van der Waals surface area contributed by atoms with Crippen molar-refractivity contribution in [3.05, 3.63) is 65.2 Å². The quantitative estimate of drug-likeness (QED) is 0.891. The molecule has 18 heavy (non-hydrogen) atoms. The highest BCUT2D eigenvalue weighted by Gasteiger charge is 2.05. The molecule has 0 unspecified atom stereocenters. The molecule has 2 rings (SSSR count). The normalized spacial score (nSPS) is 12.4. The van der Waals surface area contributed by atoms with Crippen molar-refractivity contribution >= 4 is 0 Å². The van der Waals surface area contributed by atoms with Gasteiger partial charge in [-0.25, -0.2) is 4.39 Å². The van der Waals surface area contributed by atoms with Gasteiger partial charge >= 0.3 is 0 Å². The van der Waals surface area contributed by atoms with Gasteiger partial charge in [-0.2, -0.15) is 0 Å². The van der Waals surface area contributed by atoms with Crippen LogP contribution in [0.25, 0.3) is 0 Å². The average Bonchev–Trinajstić information content (AvgIpc) is 2.36. The van der Waals surface area contributed by atoms with Crippen molar-refractivity contribution in [2.24, 2.45) is 0 Å². The highest BCUT2D eigenvalue weighted by Crippen LogP contribution is 2.14. The van der Waals surface area contributed by atoms with Crippen molar-refractivity contribution in [3.8, 4) is 0 Å². The summed E-state index contributed by atoms with van der Waals surface area (Å²) in [6, 6.07) is 8.89. The highest BCUT2D eigenvalue weighted by atomic mass is 19.1. The van der Waals surface area contributed by atoms with E-state index in [0.29, 0.717) is 0 Å². The number of benzene rings is 1. The van der Waals surface area contributed by atoms with Crippen LogP contribution in [-0.4, -0.2) is 4.98 Å². The summed E-state index contributed by atoms with van der Waals surface area (Å²) in [6.07, 6.45) is 3.68. The molecule has 0 bridgehead atoms. The van der Waals surface area contributed by atoms with Gasteiger partial charge in [0.15, 0.2) is 0 Å². The van der Waals surface area contributed by atoms with E-state index < -0.39 is 0 Å². The molecule has 0 saturated carbocycles. The molecule has 0 radical (unpaired) electrons. The molecule has 0 amide bonds. The van der Waals surface area contributed by atoms with E-state index in [1.807, 2.05) is 32.3 Å². The zero-order valence-electron chi connectivity index (χ0n) is 10.7. The molecule has 0 aliphatic rings. The van der Waals surface area contributed by atoms with Crippen LogP contribution in [0.1, 0.15) is 29.7 Å². The molecule has 1 heterocycles. The summed E-state index contributed by atoms with van der Waals surface area (Å²) >= 11 is 0. The first kappa shape index (κ1) is 12.7. The van der Waals surface area contributed by atoms with Crippen molar-refractivity contribution in [1.82, 2.24) is 10.3 Å². The minimum atomic E-state index is -0.196. The van der Waals surface area contributed by atoms with Crippen molar-refractivity contribution in [2.75, 3.05) is 0 Å². The molecule has 0 fully saturated rings. The Kier molecular flexibility index (Phi) is 4.05. The molecule has 0 aliphatic heterocycles. The summed E-state index contributed by atoms with van der Waals surface area (Å²) in [5.41, 5.74) is 3.24. The van der Waals surface area contributed by atoms with Gasteiger partial charge in [0.25, 0.3) is 0 Å². The number of pyridine rings is 1. The Morgan fingerprint density at radius 1 is 1.28 bits per heavy atom. The molecular weight excluding hydrogens is 227 g/mol. The van der Waals surface area contributed by atoms with E-state index in [1.165, 1.54) is 6.07 Å². The van der Waals surface area contributed by atoms with Crippen molar-refractivity contribution in [3.63, 3.8) is 0 Å². The lowest BCUT2D eigenvalue weighted by Gasteiger charge is -2.14. The van der Waals surface area contributed by atoms with Crippen molar-refractivity contribution in [1.29, 1.82) is 0 Å². The van der Waals surface area contributed by atoms with Crippen LogP contribution in [0.3, 0.4) is 0 Å². The van der Waals surface area contributed by atoms with Crippen molar-refractivity contribution in [2.45, 2.75) is 26.4 Å². The number of aryl methyl sites for hydroxylation is 1. The van der Waals surface area contributed by atoms with Crippen LogP contribution < -0.4 is 5.32 Å². The zero-order valence-corrected chi connectivity index (χ0v) is 10.7. The van der Waals surface area contributed by atoms with Crippen molar-refractivity contribution < 1.29 is 4.39 Å². The van der Waals surface area contributed by atoms with Crippen LogP contribution in [0.2, 0.25) is 0 Å². The molecule has 0 saturated heterocycles. The number of nitrogens with zero attached hydrogens (tertiary/aromatic N) is 1. The Morgan fingerprint density at radius 3 is 2.83 bits per heavy atom. The molecular formula is C15H17FN2. The van der Waals surface area contributed by atoms with Gasteiger partial charge in [-0.1, -0.05) is 18.2 Å². The fraction of sp³-hybridized carbons (Fsp3) is 0.267. The average molecular weight is 244 g/mol. The Labute approximate surface area is 107 Å². The molecule has 2 aromatic rings. The van der Waals surface area contributed by atoms with Gasteiger partial charge in [-0.3, -0.25) is 4.98 Å². The van der Waals surface area contributed by atoms with Gasteiger partial charge in [0.05, 0.1) is 0 Å². The number of rotatable bonds is 4. The minimum Gasteiger partial charge on any atom is -0.306 e. The second kappa shape index (κ2) is 5.74. The molecule has 3 heteroatoms. The van der Waals surface area contributed by atoms with Gasteiger partial charge < -0.3 is 5.32 Å². The van der Waals surface area contributed by atoms with Gasteiger partial charge in [-0.15, -0.1) is 0 Å². The zero-order chi connectivity index (χ0) is 13.0. The van der Waals surface area contributed by atoms with E-state index in [9.17, 15) is 4.39 Å². The van der Waals surface area contributed by atoms with E-state index in [4.69, 9.17) is 0 Å². The van der Waals surface area contributed by atoms with Crippen LogP contribution in [0.5, 0.6) is 0 Å². The number of hydrogen-bond donors (Lipinski definition) is 1. The summed E-state index contributed by atoms with van der Waals surface area (Å²) in [7, 11) is 0. The maximum atomic E-state index is 13.1. The first-order valence-corrected chi connectivity index (χ1v) is 6.04. The molecule has 0 aliphatic carbocycles. The third-order valence-corrected chi connectivity index (χ3v) is 2.89. The smallest absolute Gasteiger partial charge is 0.123 e. The van der Waals surface area contributed by atoms with Crippen LogP contribution in [0.15, 0.2) is 42.7 Å². The molecule has 94 valence electrons. The number of aromatic nitrogens is 1. The van der Waals surface area contributed by atoms with Gasteiger partial charge in [-0.05, 0) is 42.7 Å². The third-order valence-electron chi connectivity index (χ3n) is 2.89. The molecule has 1 aromatic carbocycles. The Bertz CT molecular complexity index is 525. The lowest BCUT2D eigenvalue weighted by atomic mass is 10.1. The van der Waals surface area contributed by atoms with E-state index in [1.54, 1.807) is 12.1 Å². The highest BCUT2D eigenvalue weighted by molar-refractivity contribution is 5.20. The lowest BCUT2D eigenvalue weighted by Crippen LogP contribution is -2.18. The van der Waals surface area contributed by atoms with Gasteiger partial charge in [0.1, 0.15) is 5.82 Å². The summed E-state index contributed by atoms with van der Waals surface area (Å²) in [4.78, 5) is 4.15. The second-order valence-electron chi connectivity index (χ2n) is 4.53. The predicted octanol–water partition coefficient (Wildman–Crippen LogP) is 3.38. The van der Waals surface area contributed by atoms with E-state index >= 15 is 0 Å². The first-order valence-electron chi connectivity index (χ1n) is 6.04. The van der Waals surface area contributed by atoms with Crippen LogP contribution in [0, 0.1) is 12.7 Å². The van der Waals surface area contributed by atoms with E-state index in [2.05, 4.69) is 16.4 Å². The Morgan fingerprint density at radius 2 is 2.11 bits per heavy atom. The molecule has 1 atom stereocenters. The molecule has 0 spiro atoms. The summed E-state index contributed by atoms with van der Waals surface area (Å²) in [5.74, 6) is -0.196. The standard InChI is InChI=1S/C15H17FN2/c1-11-6-13(9-17-8-11)10-18-12(2)14-4-3-5-15(16)7-14/h3-9,12,18H,10H2,1-2H3/t12-/m1/s1. The van der Waals surface area contributed by atoms with Crippen LogP contribution in [-0.2, 0) is 6.54 Å². The summed E-state index contributed by atoms with van der Waals surface area (Å²) < 4.78 is 13.1. The van der Waals surface area contributed by atoms with Crippen LogP contribution in [0.4, 0.5) is 4.39 Å². The molecule has 1 aromatic heterocycles. The Balaban J connectivity index is 1.98. The number of nitrogens with one attached hydrogen (secondary N) is 1. The van der Waals surface area contributed by atoms with Gasteiger partial charge in [0.2, 0.25) is 0 Å². The maximum Gasteiger partial charge on any atom is 0.123 e. The second-order valence-corrected chi connectivity index (χ2v) is 4.53. The third kappa shape index (κ3) is 3.37. The molecule has 1 N–H and O–H groups in total. The fourth-order valence-corrected chi connectivity index (χ4v) is 1.88. The topological polar surface area (TPSA) is 24.9 Å². The van der Waals surface area contributed by atoms with E-state index in [0.717, 1.165) is 23.2 Å². The SMILES string of the molecule is Cc1cncc(CN[C@H](C)c2cccc(F)c2)c1. The van der Waals surface area contributed by atoms with Crippen LogP contribution >= 0.6 is 0 Å². The predicted molar refractivity (Wildman–Crippen MR) is 70.6 cm³/mol. The maximum absolute atomic E-state index is 13.1. The largest absolute Gasteiger partial charge is 0.306 e. The minimum absolute atomic E-state index is 0.112. The molecule has 2 nitrogen and oxygen atoms in total. The summed E-state index contributed by atoms with van der Waals surface area (Å²) in [6.45, 7) is 4.77. The number of hydrogen-bond acceptors (Lipinski definition) is 2. The fourth-order valence-electron chi connectivity index (χ4n) is 1.88. The monoisotopic (exact) mass is 244 g/mol. The Hall–Kier alpha value is -1.74. The summed E-state index contributed by atoms with van der Waals surface area (Å²) in [5, 5.41) is 3.36. The first-order chi connectivity index (χ1) is 8.65.